The van der Waals surface area contributed by atoms with Crippen LogP contribution in [0.3, 0.4) is 0 Å². The van der Waals surface area contributed by atoms with Crippen LogP contribution in [0.4, 0.5) is 0 Å². The van der Waals surface area contributed by atoms with E-state index in [0.29, 0.717) is 0 Å². The fourth-order valence-corrected chi connectivity index (χ4v) is 2.00. The molecule has 0 radical (unpaired) electrons. The first-order chi connectivity index (χ1) is 7.64. The molecule has 0 spiro atoms. The van der Waals surface area contributed by atoms with Crippen LogP contribution in [0.5, 0.6) is 0 Å². The van der Waals surface area contributed by atoms with Gasteiger partial charge in [-0.25, -0.2) is 0 Å². The molecule has 1 rings (SSSR count). The van der Waals surface area contributed by atoms with E-state index >= 15 is 0 Å². The maximum Gasteiger partial charge on any atom is 0.0634 e. The highest BCUT2D eigenvalue weighted by Gasteiger charge is 2.14. The van der Waals surface area contributed by atoms with E-state index in [2.05, 4.69) is 25.2 Å². The fraction of sp³-hybridized carbons (Fsp3) is 0.857. The highest BCUT2D eigenvalue weighted by atomic mass is 16.5. The summed E-state index contributed by atoms with van der Waals surface area (Å²) in [5.74, 6) is 0. The Morgan fingerprint density at radius 1 is 1.31 bits per heavy atom. The number of ether oxygens (including phenoxy) is 1. The van der Waals surface area contributed by atoms with Gasteiger partial charge in [0.1, 0.15) is 0 Å². The predicted molar refractivity (Wildman–Crippen MR) is 69.7 cm³/mol. The Balaban J connectivity index is 2.01. The minimum atomic E-state index is 0.0110. The Morgan fingerprint density at radius 2 is 2.12 bits per heavy atom. The molecule has 0 atom stereocenters. The minimum Gasteiger partial charge on any atom is -0.379 e. The normalized spacial score (nSPS) is 17.3. The SMILES string of the molecule is COC(C)(C)CCNCCC1=CCCCC1. The largest absolute Gasteiger partial charge is 0.379 e. The third-order valence-corrected chi connectivity index (χ3v) is 3.46. The topological polar surface area (TPSA) is 21.3 Å². The first kappa shape index (κ1) is 13.7. The van der Waals surface area contributed by atoms with Crippen molar-refractivity contribution in [2.45, 2.75) is 58.0 Å². The van der Waals surface area contributed by atoms with Gasteiger partial charge in [0.15, 0.2) is 0 Å². The van der Waals surface area contributed by atoms with Crippen molar-refractivity contribution in [1.82, 2.24) is 5.32 Å². The van der Waals surface area contributed by atoms with E-state index in [1.807, 2.05) is 0 Å². The molecule has 94 valence electrons. The molecule has 0 saturated heterocycles. The lowest BCUT2D eigenvalue weighted by Gasteiger charge is -2.23. The van der Waals surface area contributed by atoms with Crippen LogP contribution in [-0.4, -0.2) is 25.8 Å². The maximum atomic E-state index is 5.38. The number of allylic oxidation sites excluding steroid dienone is 1. The smallest absolute Gasteiger partial charge is 0.0634 e. The van der Waals surface area contributed by atoms with E-state index in [9.17, 15) is 0 Å². The minimum absolute atomic E-state index is 0.0110. The van der Waals surface area contributed by atoms with Gasteiger partial charge in [0.25, 0.3) is 0 Å². The number of hydrogen-bond donors (Lipinski definition) is 1. The van der Waals surface area contributed by atoms with Crippen molar-refractivity contribution < 1.29 is 4.74 Å². The number of rotatable bonds is 7. The van der Waals surface area contributed by atoms with Crippen LogP contribution >= 0.6 is 0 Å². The second-order valence-corrected chi connectivity index (χ2v) is 5.32. The summed E-state index contributed by atoms with van der Waals surface area (Å²) < 4.78 is 5.38. The second kappa shape index (κ2) is 7.08. The molecule has 0 aromatic heterocycles. The molecule has 1 aliphatic rings. The molecule has 0 aromatic carbocycles. The summed E-state index contributed by atoms with van der Waals surface area (Å²) in [7, 11) is 1.78. The number of hydrogen-bond acceptors (Lipinski definition) is 2. The Bertz CT molecular complexity index is 221. The molecule has 0 aliphatic heterocycles. The van der Waals surface area contributed by atoms with Crippen LogP contribution in [-0.2, 0) is 4.74 Å². The van der Waals surface area contributed by atoms with Gasteiger partial charge in [-0.05, 0) is 65.5 Å². The molecule has 1 N–H and O–H groups in total. The van der Waals surface area contributed by atoms with E-state index in [-0.39, 0.29) is 5.60 Å². The summed E-state index contributed by atoms with van der Waals surface area (Å²) in [5.41, 5.74) is 1.67. The van der Waals surface area contributed by atoms with Crippen molar-refractivity contribution >= 4 is 0 Å². The highest BCUT2D eigenvalue weighted by Crippen LogP contribution is 2.19. The molecule has 16 heavy (non-hydrogen) atoms. The summed E-state index contributed by atoms with van der Waals surface area (Å²) >= 11 is 0. The van der Waals surface area contributed by atoms with Gasteiger partial charge in [0, 0.05) is 7.11 Å². The Kier molecular flexibility index (Phi) is 6.07. The van der Waals surface area contributed by atoms with Crippen molar-refractivity contribution in [3.8, 4) is 0 Å². The van der Waals surface area contributed by atoms with Crippen LogP contribution in [0.15, 0.2) is 11.6 Å². The van der Waals surface area contributed by atoms with Gasteiger partial charge >= 0.3 is 0 Å². The number of nitrogens with one attached hydrogen (secondary N) is 1. The first-order valence-electron chi connectivity index (χ1n) is 6.58. The zero-order chi connectivity index (χ0) is 11.9. The molecule has 0 saturated carbocycles. The Morgan fingerprint density at radius 3 is 2.75 bits per heavy atom. The molecule has 0 bridgehead atoms. The van der Waals surface area contributed by atoms with E-state index in [1.165, 1.54) is 32.1 Å². The van der Waals surface area contributed by atoms with Crippen molar-refractivity contribution in [3.05, 3.63) is 11.6 Å². The van der Waals surface area contributed by atoms with E-state index in [4.69, 9.17) is 4.74 Å². The van der Waals surface area contributed by atoms with E-state index in [1.54, 1.807) is 12.7 Å². The molecular formula is C14H27NO. The average Bonchev–Trinajstić information content (AvgIpc) is 2.30. The van der Waals surface area contributed by atoms with Gasteiger partial charge in [-0.2, -0.15) is 0 Å². The zero-order valence-electron chi connectivity index (χ0n) is 11.1. The van der Waals surface area contributed by atoms with Crippen molar-refractivity contribution in [1.29, 1.82) is 0 Å². The Hall–Kier alpha value is -0.340. The van der Waals surface area contributed by atoms with Crippen molar-refractivity contribution in [2.24, 2.45) is 0 Å². The van der Waals surface area contributed by atoms with Crippen molar-refractivity contribution in [2.75, 3.05) is 20.2 Å². The standard InChI is InChI=1S/C14H27NO/c1-14(2,16-3)10-12-15-11-9-13-7-5-4-6-8-13/h7,15H,4-6,8-12H2,1-3H3. The highest BCUT2D eigenvalue weighted by molar-refractivity contribution is 5.05. The van der Waals surface area contributed by atoms with E-state index < -0.39 is 0 Å². The van der Waals surface area contributed by atoms with Gasteiger partial charge in [-0.15, -0.1) is 0 Å². The molecule has 0 fully saturated rings. The third-order valence-electron chi connectivity index (χ3n) is 3.46. The molecule has 0 heterocycles. The summed E-state index contributed by atoms with van der Waals surface area (Å²) in [4.78, 5) is 0. The van der Waals surface area contributed by atoms with E-state index in [0.717, 1.165) is 19.5 Å². The zero-order valence-corrected chi connectivity index (χ0v) is 11.1. The summed E-state index contributed by atoms with van der Waals surface area (Å²) in [6.07, 6.45) is 10.1. The average molecular weight is 225 g/mol. The van der Waals surface area contributed by atoms with Crippen LogP contribution in [0.2, 0.25) is 0 Å². The van der Waals surface area contributed by atoms with Crippen LogP contribution in [0.25, 0.3) is 0 Å². The molecule has 0 amide bonds. The van der Waals surface area contributed by atoms with Gasteiger partial charge in [0.2, 0.25) is 0 Å². The van der Waals surface area contributed by atoms with Crippen LogP contribution < -0.4 is 5.32 Å². The number of methoxy groups -OCH3 is 1. The molecule has 2 nitrogen and oxygen atoms in total. The molecule has 1 aliphatic carbocycles. The maximum absolute atomic E-state index is 5.38. The summed E-state index contributed by atoms with van der Waals surface area (Å²) in [6, 6.07) is 0. The third kappa shape index (κ3) is 5.66. The molecule has 2 heteroatoms. The monoisotopic (exact) mass is 225 g/mol. The first-order valence-corrected chi connectivity index (χ1v) is 6.58. The van der Waals surface area contributed by atoms with Crippen LogP contribution in [0, 0.1) is 0 Å². The quantitative estimate of drug-likeness (QED) is 0.530. The second-order valence-electron chi connectivity index (χ2n) is 5.32. The molecular weight excluding hydrogens is 198 g/mol. The lowest BCUT2D eigenvalue weighted by atomic mass is 9.97. The molecule has 0 aromatic rings. The fourth-order valence-electron chi connectivity index (χ4n) is 2.00. The lowest BCUT2D eigenvalue weighted by Crippen LogP contribution is -2.29. The lowest BCUT2D eigenvalue weighted by molar-refractivity contribution is 0.0159. The Labute approximate surface area is 100 Å². The van der Waals surface area contributed by atoms with Crippen molar-refractivity contribution in [3.63, 3.8) is 0 Å². The van der Waals surface area contributed by atoms with Gasteiger partial charge < -0.3 is 10.1 Å². The van der Waals surface area contributed by atoms with Crippen LogP contribution in [0.1, 0.15) is 52.4 Å². The van der Waals surface area contributed by atoms with Gasteiger partial charge in [-0.3, -0.25) is 0 Å². The molecule has 0 unspecified atom stereocenters. The van der Waals surface area contributed by atoms with Gasteiger partial charge in [-0.1, -0.05) is 11.6 Å². The van der Waals surface area contributed by atoms with Gasteiger partial charge in [0.05, 0.1) is 5.60 Å². The summed E-state index contributed by atoms with van der Waals surface area (Å²) in [6.45, 7) is 6.44. The summed E-state index contributed by atoms with van der Waals surface area (Å²) in [5, 5.41) is 3.50. The predicted octanol–water partition coefficient (Wildman–Crippen LogP) is 3.28.